The number of hydrogen-bond donors (Lipinski definition) is 0. The van der Waals surface area contributed by atoms with Crippen LogP contribution in [-0.2, 0) is 16.0 Å². The number of methoxy groups -OCH3 is 1. The Morgan fingerprint density at radius 2 is 1.89 bits per heavy atom. The number of nitrogens with zero attached hydrogens (tertiary/aromatic N) is 4. The van der Waals surface area contributed by atoms with Gasteiger partial charge in [0.15, 0.2) is 0 Å². The van der Waals surface area contributed by atoms with E-state index >= 15 is 0 Å². The van der Waals surface area contributed by atoms with Crippen molar-refractivity contribution in [2.45, 2.75) is 6.54 Å². The van der Waals surface area contributed by atoms with Gasteiger partial charge in [0.05, 0.1) is 31.6 Å². The van der Waals surface area contributed by atoms with Crippen molar-refractivity contribution < 1.29 is 14.3 Å². The number of hydrogen-bond acceptors (Lipinski definition) is 6. The lowest BCUT2D eigenvalue weighted by molar-refractivity contribution is 0.0363. The van der Waals surface area contributed by atoms with Gasteiger partial charge < -0.3 is 14.0 Å². The second-order valence-corrected chi connectivity index (χ2v) is 6.67. The Labute approximate surface area is 162 Å². The van der Waals surface area contributed by atoms with Crippen molar-refractivity contribution in [1.29, 1.82) is 0 Å². The molecule has 0 aliphatic carbocycles. The van der Waals surface area contributed by atoms with E-state index in [1.54, 1.807) is 24.5 Å². The molecular formula is C20H22N4O4. The van der Waals surface area contributed by atoms with Gasteiger partial charge in [0.2, 0.25) is 0 Å². The summed E-state index contributed by atoms with van der Waals surface area (Å²) < 4.78 is 13.5. The van der Waals surface area contributed by atoms with E-state index in [2.05, 4.69) is 10.00 Å². The molecule has 1 aromatic carbocycles. The Morgan fingerprint density at radius 1 is 1.14 bits per heavy atom. The van der Waals surface area contributed by atoms with E-state index in [0.717, 1.165) is 32.8 Å². The van der Waals surface area contributed by atoms with Crippen LogP contribution in [0.2, 0.25) is 0 Å². The van der Waals surface area contributed by atoms with E-state index in [9.17, 15) is 9.59 Å². The SMILES string of the molecule is COC(=O)c1cn(CCN2CCOCC2)cc2c(=O)n(-c3ccccc3)nc1-2. The molecule has 1 saturated heterocycles. The van der Waals surface area contributed by atoms with Gasteiger partial charge >= 0.3 is 5.97 Å². The number of para-hydroxylation sites is 1. The first-order chi connectivity index (χ1) is 13.7. The maximum Gasteiger partial charge on any atom is 0.341 e. The average molecular weight is 382 g/mol. The first kappa shape index (κ1) is 18.4. The van der Waals surface area contributed by atoms with E-state index in [1.807, 2.05) is 22.8 Å². The van der Waals surface area contributed by atoms with Gasteiger partial charge in [0.1, 0.15) is 11.3 Å². The van der Waals surface area contributed by atoms with Crippen molar-refractivity contribution in [3.63, 3.8) is 0 Å². The maximum atomic E-state index is 13.0. The van der Waals surface area contributed by atoms with Crippen LogP contribution in [-0.4, -0.2) is 65.2 Å². The number of carbonyl (C=O) groups excluding carboxylic acids is 1. The van der Waals surface area contributed by atoms with Crippen LogP contribution in [0.3, 0.4) is 0 Å². The highest BCUT2D eigenvalue weighted by Crippen LogP contribution is 2.23. The summed E-state index contributed by atoms with van der Waals surface area (Å²) in [6.07, 6.45) is 3.47. The predicted molar refractivity (Wildman–Crippen MR) is 103 cm³/mol. The van der Waals surface area contributed by atoms with Crippen LogP contribution in [0.15, 0.2) is 47.5 Å². The highest BCUT2D eigenvalue weighted by atomic mass is 16.5. The third-order valence-corrected chi connectivity index (χ3v) is 4.91. The van der Waals surface area contributed by atoms with Crippen LogP contribution in [0.5, 0.6) is 0 Å². The molecule has 4 rings (SSSR count). The number of rotatable bonds is 5. The number of esters is 1. The highest BCUT2D eigenvalue weighted by Gasteiger charge is 2.25. The zero-order chi connectivity index (χ0) is 19.5. The minimum atomic E-state index is -0.511. The number of fused-ring (bicyclic) bond motifs is 1. The molecule has 0 amide bonds. The van der Waals surface area contributed by atoms with Crippen molar-refractivity contribution in [2.75, 3.05) is 40.0 Å². The van der Waals surface area contributed by atoms with Gasteiger partial charge in [-0.3, -0.25) is 9.69 Å². The fourth-order valence-electron chi connectivity index (χ4n) is 3.37. The lowest BCUT2D eigenvalue weighted by Crippen LogP contribution is -2.38. The second-order valence-electron chi connectivity index (χ2n) is 6.67. The smallest absolute Gasteiger partial charge is 0.341 e. The molecule has 0 aromatic heterocycles. The molecule has 8 nitrogen and oxygen atoms in total. The molecule has 3 heterocycles. The molecule has 0 unspecified atom stereocenters. The quantitative estimate of drug-likeness (QED) is 0.618. The van der Waals surface area contributed by atoms with Gasteiger partial charge in [-0.25, -0.2) is 4.79 Å². The van der Waals surface area contributed by atoms with Gasteiger partial charge in [-0.1, -0.05) is 18.2 Å². The number of aromatic nitrogens is 3. The van der Waals surface area contributed by atoms with Gasteiger partial charge in [0.25, 0.3) is 5.56 Å². The highest BCUT2D eigenvalue weighted by molar-refractivity contribution is 5.96. The molecule has 8 heteroatoms. The van der Waals surface area contributed by atoms with Crippen LogP contribution in [0.4, 0.5) is 0 Å². The van der Waals surface area contributed by atoms with Gasteiger partial charge in [-0.05, 0) is 12.1 Å². The number of carbonyl (C=O) groups is 1. The van der Waals surface area contributed by atoms with E-state index < -0.39 is 5.97 Å². The van der Waals surface area contributed by atoms with Crippen LogP contribution in [0, 0.1) is 0 Å². The number of ether oxygens (including phenoxy) is 2. The Hall–Kier alpha value is -2.97. The molecular weight excluding hydrogens is 360 g/mol. The van der Waals surface area contributed by atoms with Crippen molar-refractivity contribution in [3.05, 3.63) is 58.6 Å². The molecule has 28 heavy (non-hydrogen) atoms. The molecule has 0 bridgehead atoms. The summed E-state index contributed by atoms with van der Waals surface area (Å²) >= 11 is 0. The molecule has 0 radical (unpaired) electrons. The number of pyridine rings is 1. The van der Waals surface area contributed by atoms with Crippen molar-refractivity contribution in [3.8, 4) is 16.9 Å². The van der Waals surface area contributed by atoms with Crippen molar-refractivity contribution >= 4 is 5.97 Å². The van der Waals surface area contributed by atoms with Crippen molar-refractivity contribution in [1.82, 2.24) is 19.2 Å². The Kier molecular flexibility index (Phi) is 5.23. The first-order valence-corrected chi connectivity index (χ1v) is 9.24. The molecule has 0 atom stereocenters. The summed E-state index contributed by atoms with van der Waals surface area (Å²) in [6.45, 7) is 4.67. The molecule has 146 valence electrons. The zero-order valence-electron chi connectivity index (χ0n) is 15.7. The molecule has 1 fully saturated rings. The zero-order valence-corrected chi connectivity index (χ0v) is 15.7. The molecule has 0 saturated carbocycles. The monoisotopic (exact) mass is 382 g/mol. The van der Waals surface area contributed by atoms with E-state index in [4.69, 9.17) is 9.47 Å². The summed E-state index contributed by atoms with van der Waals surface area (Å²) in [7, 11) is 1.32. The third-order valence-electron chi connectivity index (χ3n) is 4.91. The molecule has 3 aliphatic heterocycles. The molecule has 0 N–H and O–H groups in total. The summed E-state index contributed by atoms with van der Waals surface area (Å²) in [5.74, 6) is -0.511. The van der Waals surface area contributed by atoms with Gasteiger partial charge in [-0.2, -0.15) is 9.78 Å². The third kappa shape index (κ3) is 3.56. The number of morpholine rings is 1. The van der Waals surface area contributed by atoms with E-state index in [-0.39, 0.29) is 11.1 Å². The van der Waals surface area contributed by atoms with Crippen LogP contribution < -0.4 is 5.56 Å². The van der Waals surface area contributed by atoms with Gasteiger partial charge in [-0.15, -0.1) is 0 Å². The molecule has 1 aromatic rings. The van der Waals surface area contributed by atoms with Crippen molar-refractivity contribution in [2.24, 2.45) is 0 Å². The Balaban J connectivity index is 1.73. The first-order valence-electron chi connectivity index (χ1n) is 9.24. The minimum Gasteiger partial charge on any atom is -0.465 e. The Bertz CT molecular complexity index is 989. The second kappa shape index (κ2) is 7.95. The summed E-state index contributed by atoms with van der Waals surface area (Å²) in [5, 5.41) is 4.41. The lowest BCUT2D eigenvalue weighted by Gasteiger charge is -2.27. The van der Waals surface area contributed by atoms with E-state index in [1.165, 1.54) is 11.8 Å². The van der Waals surface area contributed by atoms with Gasteiger partial charge in [0, 0.05) is 38.6 Å². The summed E-state index contributed by atoms with van der Waals surface area (Å²) in [5.41, 5.74) is 1.43. The minimum absolute atomic E-state index is 0.257. The topological polar surface area (TPSA) is 78.6 Å². The molecule has 0 spiro atoms. The van der Waals surface area contributed by atoms with E-state index in [0.29, 0.717) is 23.5 Å². The lowest BCUT2D eigenvalue weighted by atomic mass is 10.1. The van der Waals surface area contributed by atoms with Crippen LogP contribution >= 0.6 is 0 Å². The summed E-state index contributed by atoms with van der Waals surface area (Å²) in [6, 6.07) is 9.15. The maximum absolute atomic E-state index is 13.0. The average Bonchev–Trinajstić information content (AvgIpc) is 3.09. The predicted octanol–water partition coefficient (Wildman–Crippen LogP) is 1.26. The Morgan fingerprint density at radius 3 is 2.61 bits per heavy atom. The van der Waals surface area contributed by atoms with Crippen LogP contribution in [0.25, 0.3) is 16.9 Å². The summed E-state index contributed by atoms with van der Waals surface area (Å²) in [4.78, 5) is 27.6. The molecule has 3 aliphatic rings. The largest absolute Gasteiger partial charge is 0.465 e. The fourth-order valence-corrected chi connectivity index (χ4v) is 3.37. The fraction of sp³-hybridized carbons (Fsp3) is 0.350. The normalized spacial score (nSPS) is 15.0. The number of benzene rings is 1. The van der Waals surface area contributed by atoms with Crippen LogP contribution in [0.1, 0.15) is 10.4 Å². The standard InChI is InChI=1S/C20H22N4O4/c1-27-20(26)17-14-23(8-7-22-9-11-28-12-10-22)13-16-18(17)21-24(19(16)25)15-5-3-2-4-6-15/h2-6,13-14H,7-12H2,1H3.